The van der Waals surface area contributed by atoms with Crippen molar-refractivity contribution in [3.63, 3.8) is 0 Å². The molecule has 3 aromatic rings. The minimum Gasteiger partial charge on any atom is -0.469 e. The van der Waals surface area contributed by atoms with Gasteiger partial charge in [-0.15, -0.1) is 0 Å². The van der Waals surface area contributed by atoms with Gasteiger partial charge in [0.05, 0.1) is 19.1 Å². The Labute approximate surface area is 215 Å². The molecule has 1 aliphatic heterocycles. The standard InChI is InChI=1S/C30H29FN2O4/c1-37-30(36)25-24(20-8-4-2-5-9-20)27(28(34)32-18-19-12-13-19)33(26(25)21-10-6-3-7-11-21)29(35)22-14-16-23(31)17-15-22/h2-11,14-17,19,24-27H,12-13,18H2,1H3,(H,32,34). The van der Waals surface area contributed by atoms with Crippen molar-refractivity contribution in [1.29, 1.82) is 0 Å². The zero-order valence-corrected chi connectivity index (χ0v) is 20.5. The van der Waals surface area contributed by atoms with Crippen molar-refractivity contribution in [3.8, 4) is 0 Å². The molecule has 5 rings (SSSR count). The summed E-state index contributed by atoms with van der Waals surface area (Å²) in [6.45, 7) is 0.522. The van der Waals surface area contributed by atoms with Crippen molar-refractivity contribution >= 4 is 17.8 Å². The Bertz CT molecular complexity index is 1260. The van der Waals surface area contributed by atoms with Crippen LogP contribution in [0.4, 0.5) is 4.39 Å². The van der Waals surface area contributed by atoms with Gasteiger partial charge in [0.15, 0.2) is 0 Å². The summed E-state index contributed by atoms with van der Waals surface area (Å²) in [5.74, 6) is -2.79. The molecule has 190 valence electrons. The highest BCUT2D eigenvalue weighted by molar-refractivity contribution is 6.00. The maximum Gasteiger partial charge on any atom is 0.311 e. The van der Waals surface area contributed by atoms with Crippen LogP contribution in [0.5, 0.6) is 0 Å². The van der Waals surface area contributed by atoms with Crippen molar-refractivity contribution in [1.82, 2.24) is 10.2 Å². The summed E-state index contributed by atoms with van der Waals surface area (Å²) in [6.07, 6.45) is 2.12. The van der Waals surface area contributed by atoms with Gasteiger partial charge in [-0.2, -0.15) is 0 Å². The second kappa shape index (κ2) is 10.5. The first-order valence-electron chi connectivity index (χ1n) is 12.5. The lowest BCUT2D eigenvalue weighted by Crippen LogP contribution is -2.49. The van der Waals surface area contributed by atoms with Crippen molar-refractivity contribution in [2.45, 2.75) is 30.8 Å². The maximum atomic E-state index is 14.1. The number of rotatable bonds is 7. The quantitative estimate of drug-likeness (QED) is 0.485. The van der Waals surface area contributed by atoms with Crippen LogP contribution in [0.15, 0.2) is 84.9 Å². The molecule has 0 bridgehead atoms. The smallest absolute Gasteiger partial charge is 0.311 e. The molecule has 0 spiro atoms. The number of likely N-dealkylation sites (tertiary alicyclic amines) is 1. The Balaban J connectivity index is 1.69. The summed E-state index contributed by atoms with van der Waals surface area (Å²) < 4.78 is 19.0. The molecule has 0 aromatic heterocycles. The zero-order valence-electron chi connectivity index (χ0n) is 20.5. The number of nitrogens with one attached hydrogen (secondary N) is 1. The summed E-state index contributed by atoms with van der Waals surface area (Å²) in [5.41, 5.74) is 1.71. The molecular weight excluding hydrogens is 471 g/mol. The molecule has 3 aromatic carbocycles. The lowest BCUT2D eigenvalue weighted by molar-refractivity contribution is -0.146. The molecule has 2 fully saturated rings. The van der Waals surface area contributed by atoms with Crippen LogP contribution in [0.25, 0.3) is 0 Å². The maximum absolute atomic E-state index is 14.1. The number of esters is 1. The average Bonchev–Trinajstić information content (AvgIpc) is 3.70. The Morgan fingerprint density at radius 3 is 2.05 bits per heavy atom. The van der Waals surface area contributed by atoms with Gasteiger partial charge in [0.1, 0.15) is 11.9 Å². The van der Waals surface area contributed by atoms with E-state index in [4.69, 9.17) is 4.74 Å². The normalized spacial score (nSPS) is 22.9. The number of ether oxygens (including phenoxy) is 1. The van der Waals surface area contributed by atoms with Crippen LogP contribution >= 0.6 is 0 Å². The van der Waals surface area contributed by atoms with Crippen molar-refractivity contribution < 1.29 is 23.5 Å². The predicted octanol–water partition coefficient (Wildman–Crippen LogP) is 4.49. The van der Waals surface area contributed by atoms with Crippen LogP contribution in [-0.4, -0.2) is 42.4 Å². The topological polar surface area (TPSA) is 75.7 Å². The molecule has 1 saturated heterocycles. The van der Waals surface area contributed by atoms with Gasteiger partial charge in [-0.25, -0.2) is 4.39 Å². The number of halogens is 1. The molecule has 4 unspecified atom stereocenters. The fraction of sp³-hybridized carbons (Fsp3) is 0.300. The van der Waals surface area contributed by atoms with Gasteiger partial charge in [-0.05, 0) is 54.2 Å². The number of carbonyl (C=O) groups excluding carboxylic acids is 3. The molecule has 0 radical (unpaired) electrons. The van der Waals surface area contributed by atoms with Gasteiger partial charge >= 0.3 is 5.97 Å². The third-order valence-electron chi connectivity index (χ3n) is 7.32. The second-order valence-corrected chi connectivity index (χ2v) is 9.69. The van der Waals surface area contributed by atoms with E-state index in [9.17, 15) is 18.8 Å². The van der Waals surface area contributed by atoms with Crippen molar-refractivity contribution in [2.75, 3.05) is 13.7 Å². The third-order valence-corrected chi connectivity index (χ3v) is 7.32. The van der Waals surface area contributed by atoms with E-state index in [0.717, 1.165) is 18.4 Å². The van der Waals surface area contributed by atoms with E-state index in [1.54, 1.807) is 0 Å². The van der Waals surface area contributed by atoms with Gasteiger partial charge < -0.3 is 15.0 Å². The van der Waals surface area contributed by atoms with Crippen LogP contribution in [0.1, 0.15) is 46.3 Å². The average molecular weight is 501 g/mol. The van der Waals surface area contributed by atoms with Crippen LogP contribution in [0.3, 0.4) is 0 Å². The number of hydrogen-bond acceptors (Lipinski definition) is 4. The summed E-state index contributed by atoms with van der Waals surface area (Å²) in [5, 5.41) is 3.04. The molecular formula is C30H29FN2O4. The Morgan fingerprint density at radius 1 is 0.892 bits per heavy atom. The Hall–Kier alpha value is -4.00. The summed E-state index contributed by atoms with van der Waals surface area (Å²) in [6, 6.07) is 22.0. The number of hydrogen-bond donors (Lipinski definition) is 1. The van der Waals surface area contributed by atoms with E-state index in [0.29, 0.717) is 18.0 Å². The van der Waals surface area contributed by atoms with E-state index < -0.39 is 41.6 Å². The number of amides is 2. The predicted molar refractivity (Wildman–Crippen MR) is 136 cm³/mol. The highest BCUT2D eigenvalue weighted by Gasteiger charge is 2.58. The molecule has 1 heterocycles. The minimum atomic E-state index is -0.979. The van der Waals surface area contributed by atoms with Crippen molar-refractivity contribution in [3.05, 3.63) is 107 Å². The monoisotopic (exact) mass is 500 g/mol. The van der Waals surface area contributed by atoms with E-state index in [2.05, 4.69) is 5.32 Å². The molecule has 37 heavy (non-hydrogen) atoms. The molecule has 4 atom stereocenters. The van der Waals surface area contributed by atoms with Crippen LogP contribution < -0.4 is 5.32 Å². The third kappa shape index (κ3) is 4.99. The number of benzene rings is 3. The van der Waals surface area contributed by atoms with E-state index in [1.807, 2.05) is 60.7 Å². The first kappa shape index (κ1) is 24.7. The SMILES string of the molecule is COC(=O)C1C(c2ccccc2)C(C(=O)NCC2CC2)N(C(=O)c2ccc(F)cc2)C1c1ccccc1. The molecule has 1 aliphatic carbocycles. The molecule has 2 amide bonds. The Morgan fingerprint density at radius 2 is 1.49 bits per heavy atom. The summed E-state index contributed by atoms with van der Waals surface area (Å²) in [4.78, 5) is 42.9. The highest BCUT2D eigenvalue weighted by Crippen LogP contribution is 2.51. The first-order valence-corrected chi connectivity index (χ1v) is 12.5. The summed E-state index contributed by atoms with van der Waals surface area (Å²) in [7, 11) is 1.32. The molecule has 2 aliphatic rings. The summed E-state index contributed by atoms with van der Waals surface area (Å²) >= 11 is 0. The molecule has 7 heteroatoms. The number of methoxy groups -OCH3 is 1. The van der Waals surface area contributed by atoms with Gasteiger partial charge in [-0.1, -0.05) is 60.7 Å². The Kier molecular flexibility index (Phi) is 7.04. The second-order valence-electron chi connectivity index (χ2n) is 9.69. The molecule has 1 saturated carbocycles. The molecule has 1 N–H and O–H groups in total. The van der Waals surface area contributed by atoms with E-state index in [-0.39, 0.29) is 11.5 Å². The van der Waals surface area contributed by atoms with Gasteiger partial charge in [0, 0.05) is 18.0 Å². The number of nitrogens with zero attached hydrogens (tertiary/aromatic N) is 1. The first-order chi connectivity index (χ1) is 18.0. The van der Waals surface area contributed by atoms with Gasteiger partial charge in [0.25, 0.3) is 5.91 Å². The highest BCUT2D eigenvalue weighted by atomic mass is 19.1. The molecule has 6 nitrogen and oxygen atoms in total. The lowest BCUT2D eigenvalue weighted by Gasteiger charge is -2.31. The van der Waals surface area contributed by atoms with Crippen molar-refractivity contribution in [2.24, 2.45) is 11.8 Å². The zero-order chi connectivity index (χ0) is 25.9. The number of carbonyl (C=O) groups is 3. The fourth-order valence-corrected chi connectivity index (χ4v) is 5.36. The fourth-order valence-electron chi connectivity index (χ4n) is 5.36. The van der Waals surface area contributed by atoms with E-state index in [1.165, 1.54) is 36.3 Å². The van der Waals surface area contributed by atoms with Gasteiger partial charge in [-0.3, -0.25) is 14.4 Å². The van der Waals surface area contributed by atoms with Gasteiger partial charge in [0.2, 0.25) is 5.91 Å². The minimum absolute atomic E-state index is 0.236. The van der Waals surface area contributed by atoms with Crippen LogP contribution in [0, 0.1) is 17.7 Å². The lowest BCUT2D eigenvalue weighted by atomic mass is 9.80. The van der Waals surface area contributed by atoms with E-state index >= 15 is 0 Å². The largest absolute Gasteiger partial charge is 0.469 e. The van der Waals surface area contributed by atoms with Crippen LogP contribution in [-0.2, 0) is 14.3 Å². The van der Waals surface area contributed by atoms with Crippen LogP contribution in [0.2, 0.25) is 0 Å².